The molecule has 0 heterocycles. The minimum absolute atomic E-state index is 0.184. The summed E-state index contributed by atoms with van der Waals surface area (Å²) in [6, 6.07) is 0. The summed E-state index contributed by atoms with van der Waals surface area (Å²) in [6.45, 7) is 6.59. The highest BCUT2D eigenvalue weighted by atomic mass is 16.4. The first kappa shape index (κ1) is 12.6. The quantitative estimate of drug-likeness (QED) is 0.686. The summed E-state index contributed by atoms with van der Waals surface area (Å²) in [5.74, 6) is 3.53. The molecule has 16 heavy (non-hydrogen) atoms. The molecule has 0 fully saturated rings. The van der Waals surface area contributed by atoms with Crippen molar-refractivity contribution in [2.75, 3.05) is 0 Å². The maximum atomic E-state index is 10.2. The predicted molar refractivity (Wildman–Crippen MR) is 64.9 cm³/mol. The van der Waals surface area contributed by atoms with Crippen LogP contribution in [0.5, 0.6) is 0 Å². The topological polar surface area (TPSA) is 37.3 Å². The summed E-state index contributed by atoms with van der Waals surface area (Å²) in [4.78, 5) is 10.2. The summed E-state index contributed by atoms with van der Waals surface area (Å²) in [5, 5.41) is 8.39. The van der Waals surface area contributed by atoms with Crippen LogP contribution in [0.3, 0.4) is 0 Å². The van der Waals surface area contributed by atoms with Crippen LogP contribution in [0.15, 0.2) is 23.3 Å². The molecule has 1 rings (SSSR count). The standard InChI is InChI=1S/C14H18O2/c1-11-7-6-10-14(2,3)12(11)8-4-5-9-13(15)16/h4,8H,6-7,10H2,1-3H3,(H,15,16). The van der Waals surface area contributed by atoms with Crippen LogP contribution in [0.25, 0.3) is 0 Å². The van der Waals surface area contributed by atoms with Crippen LogP contribution in [0.1, 0.15) is 40.0 Å². The van der Waals surface area contributed by atoms with Gasteiger partial charge in [-0.15, -0.1) is 0 Å². The molecule has 0 bridgehead atoms. The fraction of sp³-hybridized carbons (Fsp3) is 0.500. The molecule has 86 valence electrons. The fourth-order valence-corrected chi connectivity index (χ4v) is 2.24. The number of allylic oxidation sites excluding steroid dienone is 4. The molecule has 1 aliphatic carbocycles. The van der Waals surface area contributed by atoms with Crippen molar-refractivity contribution in [3.8, 4) is 11.8 Å². The monoisotopic (exact) mass is 218 g/mol. The lowest BCUT2D eigenvalue weighted by Crippen LogP contribution is -2.18. The summed E-state index contributed by atoms with van der Waals surface area (Å²) in [5.41, 5.74) is 2.88. The first-order valence-corrected chi connectivity index (χ1v) is 5.55. The minimum Gasteiger partial charge on any atom is -0.472 e. The average Bonchev–Trinajstić information content (AvgIpc) is 2.14. The molecular weight excluding hydrogens is 200 g/mol. The highest BCUT2D eigenvalue weighted by molar-refractivity contribution is 5.86. The largest absolute Gasteiger partial charge is 0.472 e. The van der Waals surface area contributed by atoms with Crippen LogP contribution in [0, 0.1) is 17.3 Å². The maximum Gasteiger partial charge on any atom is 0.382 e. The lowest BCUT2D eigenvalue weighted by molar-refractivity contribution is -0.130. The van der Waals surface area contributed by atoms with E-state index in [0.717, 1.165) is 6.42 Å². The number of aliphatic carboxylic acids is 1. The van der Waals surface area contributed by atoms with Crippen LogP contribution >= 0.6 is 0 Å². The van der Waals surface area contributed by atoms with Gasteiger partial charge in [0.2, 0.25) is 0 Å². The van der Waals surface area contributed by atoms with E-state index in [0.29, 0.717) is 0 Å². The summed E-state index contributed by atoms with van der Waals surface area (Å²) in [7, 11) is 0. The molecule has 1 aliphatic rings. The van der Waals surface area contributed by atoms with Gasteiger partial charge >= 0.3 is 5.97 Å². The van der Waals surface area contributed by atoms with Crippen LogP contribution in [0.4, 0.5) is 0 Å². The van der Waals surface area contributed by atoms with Crippen molar-refractivity contribution in [1.29, 1.82) is 0 Å². The molecule has 0 aromatic heterocycles. The van der Waals surface area contributed by atoms with Gasteiger partial charge in [0, 0.05) is 5.92 Å². The van der Waals surface area contributed by atoms with Crippen LogP contribution in [-0.2, 0) is 4.79 Å². The van der Waals surface area contributed by atoms with Gasteiger partial charge in [-0.05, 0) is 43.3 Å². The Morgan fingerprint density at radius 1 is 1.50 bits per heavy atom. The van der Waals surface area contributed by atoms with E-state index in [1.54, 1.807) is 6.08 Å². The zero-order chi connectivity index (χ0) is 12.2. The second kappa shape index (κ2) is 5.03. The van der Waals surface area contributed by atoms with E-state index < -0.39 is 5.97 Å². The molecule has 0 aromatic carbocycles. The number of hydrogen-bond acceptors (Lipinski definition) is 1. The van der Waals surface area contributed by atoms with Crippen molar-refractivity contribution < 1.29 is 9.90 Å². The van der Waals surface area contributed by atoms with Crippen molar-refractivity contribution >= 4 is 5.97 Å². The smallest absolute Gasteiger partial charge is 0.382 e. The summed E-state index contributed by atoms with van der Waals surface area (Å²) in [6.07, 6.45) is 7.15. The number of hydrogen-bond donors (Lipinski definition) is 1. The fourth-order valence-electron chi connectivity index (χ4n) is 2.24. The molecule has 0 aromatic rings. The molecule has 0 atom stereocenters. The lowest BCUT2D eigenvalue weighted by atomic mass is 9.73. The Labute approximate surface area is 97.1 Å². The molecule has 2 nitrogen and oxygen atoms in total. The highest BCUT2D eigenvalue weighted by Gasteiger charge is 2.26. The highest BCUT2D eigenvalue weighted by Crippen LogP contribution is 2.40. The van der Waals surface area contributed by atoms with E-state index in [1.165, 1.54) is 24.0 Å². The maximum absolute atomic E-state index is 10.2. The first-order chi connectivity index (χ1) is 7.43. The third kappa shape index (κ3) is 3.27. The molecule has 0 amide bonds. The molecule has 2 heteroatoms. The Balaban J connectivity index is 2.87. The van der Waals surface area contributed by atoms with Crippen LogP contribution in [0.2, 0.25) is 0 Å². The number of rotatable bonds is 1. The molecule has 0 unspecified atom stereocenters. The van der Waals surface area contributed by atoms with Gasteiger partial charge in [-0.25, -0.2) is 4.79 Å². The first-order valence-electron chi connectivity index (χ1n) is 5.55. The van der Waals surface area contributed by atoms with Gasteiger partial charge in [-0.2, -0.15) is 0 Å². The molecule has 0 spiro atoms. The van der Waals surface area contributed by atoms with Gasteiger partial charge in [0.25, 0.3) is 0 Å². The molecule has 0 radical (unpaired) electrons. The lowest BCUT2D eigenvalue weighted by Gasteiger charge is -2.32. The Bertz CT molecular complexity index is 400. The van der Waals surface area contributed by atoms with Crippen LogP contribution < -0.4 is 0 Å². The average molecular weight is 218 g/mol. The number of carboxylic acid groups (broad SMARTS) is 1. The second-order valence-corrected chi connectivity index (χ2v) is 4.84. The van der Waals surface area contributed by atoms with E-state index in [-0.39, 0.29) is 5.41 Å². The van der Waals surface area contributed by atoms with Crippen molar-refractivity contribution in [3.05, 3.63) is 23.3 Å². The van der Waals surface area contributed by atoms with E-state index >= 15 is 0 Å². The minimum atomic E-state index is -1.08. The van der Waals surface area contributed by atoms with E-state index in [9.17, 15) is 4.79 Å². The van der Waals surface area contributed by atoms with Crippen molar-refractivity contribution in [1.82, 2.24) is 0 Å². The van der Waals surface area contributed by atoms with Gasteiger partial charge in [0.15, 0.2) is 0 Å². The molecule has 0 saturated carbocycles. The van der Waals surface area contributed by atoms with Gasteiger partial charge < -0.3 is 5.11 Å². The predicted octanol–water partition coefficient (Wildman–Crippen LogP) is 3.16. The van der Waals surface area contributed by atoms with E-state index in [4.69, 9.17) is 5.11 Å². The third-order valence-electron chi connectivity index (χ3n) is 3.05. The molecule has 0 saturated heterocycles. The Morgan fingerprint density at radius 3 is 2.75 bits per heavy atom. The summed E-state index contributed by atoms with van der Waals surface area (Å²) < 4.78 is 0. The Hall–Kier alpha value is -1.49. The van der Waals surface area contributed by atoms with Crippen molar-refractivity contribution in [3.63, 3.8) is 0 Å². The zero-order valence-electron chi connectivity index (χ0n) is 10.1. The van der Waals surface area contributed by atoms with Gasteiger partial charge in [0.1, 0.15) is 0 Å². The van der Waals surface area contributed by atoms with Gasteiger partial charge in [0.05, 0.1) is 0 Å². The third-order valence-corrected chi connectivity index (χ3v) is 3.05. The molecule has 0 aliphatic heterocycles. The van der Waals surface area contributed by atoms with Gasteiger partial charge in [-0.3, -0.25) is 0 Å². The normalized spacial score (nSPS) is 19.4. The van der Waals surface area contributed by atoms with E-state index in [1.807, 2.05) is 6.08 Å². The Kier molecular flexibility index (Phi) is 3.95. The number of carbonyl (C=O) groups is 1. The zero-order valence-corrected chi connectivity index (χ0v) is 10.1. The van der Waals surface area contributed by atoms with Crippen molar-refractivity contribution in [2.45, 2.75) is 40.0 Å². The van der Waals surface area contributed by atoms with Gasteiger partial charge in [-0.1, -0.05) is 31.4 Å². The van der Waals surface area contributed by atoms with E-state index in [2.05, 4.69) is 32.6 Å². The number of carboxylic acids is 1. The Morgan fingerprint density at radius 2 is 2.19 bits per heavy atom. The SMILES string of the molecule is CC1=C(C=CC#CC(=O)O)C(C)(C)CCC1. The van der Waals surface area contributed by atoms with Crippen LogP contribution in [-0.4, -0.2) is 11.1 Å². The molecule has 1 N–H and O–H groups in total. The second-order valence-electron chi connectivity index (χ2n) is 4.84. The summed E-state index contributed by atoms with van der Waals surface area (Å²) >= 11 is 0. The molecular formula is C14H18O2. The van der Waals surface area contributed by atoms with Crippen molar-refractivity contribution in [2.24, 2.45) is 5.41 Å².